The second-order valence-electron chi connectivity index (χ2n) is 8.13. The average molecular weight is 472 g/mol. The maximum atomic E-state index is 12.8. The molecule has 1 aliphatic rings. The van der Waals surface area contributed by atoms with Gasteiger partial charge in [-0.3, -0.25) is 18.7 Å². The Labute approximate surface area is 190 Å². The van der Waals surface area contributed by atoms with E-state index in [1.165, 1.54) is 47.4 Å². The smallest absolute Gasteiger partial charge is 0.324 e. The van der Waals surface area contributed by atoms with E-state index in [2.05, 4.69) is 10.3 Å². The number of rotatable bonds is 5. The van der Waals surface area contributed by atoms with Gasteiger partial charge in [-0.25, -0.2) is 18.2 Å². The van der Waals surface area contributed by atoms with E-state index in [1.807, 2.05) is 0 Å². The van der Waals surface area contributed by atoms with Gasteiger partial charge in [0.15, 0.2) is 0 Å². The minimum absolute atomic E-state index is 0.0212. The number of hydrogen-bond acceptors (Lipinski definition) is 6. The number of fused-ring (bicyclic) bond motifs is 1. The van der Waals surface area contributed by atoms with Crippen LogP contribution in [0, 0.1) is 0 Å². The SMILES string of the molecule is Cn1c(=O)c2cc(NC(=O)Cc3ccc(S(=O)(=O)N4CCCCC4)cc3)cnc2n(C)c1=O. The van der Waals surface area contributed by atoms with Crippen LogP contribution in [0.3, 0.4) is 0 Å². The van der Waals surface area contributed by atoms with Gasteiger partial charge in [-0.2, -0.15) is 4.31 Å². The molecule has 1 aliphatic heterocycles. The topological polar surface area (TPSA) is 123 Å². The number of nitrogens with one attached hydrogen (secondary N) is 1. The van der Waals surface area contributed by atoms with Crippen LogP contribution in [0.5, 0.6) is 0 Å². The molecule has 4 rings (SSSR count). The van der Waals surface area contributed by atoms with E-state index < -0.39 is 21.3 Å². The molecule has 0 spiro atoms. The molecule has 0 atom stereocenters. The molecule has 0 bridgehead atoms. The Kier molecular flexibility index (Phi) is 6.17. The van der Waals surface area contributed by atoms with Gasteiger partial charge in [0.05, 0.1) is 28.6 Å². The van der Waals surface area contributed by atoms with Crippen molar-refractivity contribution < 1.29 is 13.2 Å². The van der Waals surface area contributed by atoms with Gasteiger partial charge >= 0.3 is 5.69 Å². The van der Waals surface area contributed by atoms with Gasteiger partial charge in [0.1, 0.15) is 5.65 Å². The standard InChI is InChI=1S/C22H25N5O5S/c1-25-20-18(21(29)26(2)22(25)30)13-16(14-23-20)24-19(28)12-15-6-8-17(9-7-15)33(31,32)27-10-4-3-5-11-27/h6-9,13-14H,3-5,10-12H2,1-2H3,(H,24,28). The third kappa shape index (κ3) is 4.46. The highest BCUT2D eigenvalue weighted by atomic mass is 32.2. The molecular formula is C22H25N5O5S. The van der Waals surface area contributed by atoms with Crippen LogP contribution in [-0.2, 0) is 35.3 Å². The second-order valence-corrected chi connectivity index (χ2v) is 10.1. The van der Waals surface area contributed by atoms with Gasteiger partial charge in [-0.1, -0.05) is 18.6 Å². The fourth-order valence-electron chi connectivity index (χ4n) is 3.96. The number of aryl methyl sites for hydroxylation is 1. The molecule has 33 heavy (non-hydrogen) atoms. The lowest BCUT2D eigenvalue weighted by Gasteiger charge is -2.25. The number of amides is 1. The molecule has 0 unspecified atom stereocenters. The fraction of sp³-hybridized carbons (Fsp3) is 0.364. The van der Waals surface area contributed by atoms with E-state index in [0.717, 1.165) is 23.8 Å². The van der Waals surface area contributed by atoms with Gasteiger partial charge in [0.2, 0.25) is 15.9 Å². The number of carbonyl (C=O) groups excluding carboxylic acids is 1. The number of sulfonamides is 1. The van der Waals surface area contributed by atoms with Crippen LogP contribution < -0.4 is 16.6 Å². The fourth-order valence-corrected chi connectivity index (χ4v) is 5.47. The number of anilines is 1. The highest BCUT2D eigenvalue weighted by Gasteiger charge is 2.25. The molecule has 0 aliphatic carbocycles. The number of hydrogen-bond donors (Lipinski definition) is 1. The summed E-state index contributed by atoms with van der Waals surface area (Å²) in [6.07, 6.45) is 4.17. The van der Waals surface area contributed by atoms with Crippen LogP contribution in [-0.4, -0.2) is 45.8 Å². The van der Waals surface area contributed by atoms with E-state index in [9.17, 15) is 22.8 Å². The van der Waals surface area contributed by atoms with Crippen molar-refractivity contribution >= 4 is 32.7 Å². The lowest BCUT2D eigenvalue weighted by atomic mass is 10.1. The Balaban J connectivity index is 1.48. The second kappa shape index (κ2) is 8.91. The molecule has 0 radical (unpaired) electrons. The summed E-state index contributed by atoms with van der Waals surface area (Å²) in [5, 5.41) is 2.91. The number of carbonyl (C=O) groups is 1. The van der Waals surface area contributed by atoms with Crippen LogP contribution in [0.15, 0.2) is 51.0 Å². The summed E-state index contributed by atoms with van der Waals surface area (Å²) in [5.74, 6) is -0.343. The van der Waals surface area contributed by atoms with Crippen LogP contribution in [0.1, 0.15) is 24.8 Å². The Morgan fingerprint density at radius 2 is 1.70 bits per heavy atom. The lowest BCUT2D eigenvalue weighted by Crippen LogP contribution is -2.37. The molecule has 3 heterocycles. The molecule has 1 fully saturated rings. The zero-order valence-electron chi connectivity index (χ0n) is 18.4. The first-order chi connectivity index (χ1) is 15.7. The lowest BCUT2D eigenvalue weighted by molar-refractivity contribution is -0.115. The number of benzene rings is 1. The Morgan fingerprint density at radius 3 is 2.36 bits per heavy atom. The minimum atomic E-state index is -3.52. The van der Waals surface area contributed by atoms with E-state index in [1.54, 1.807) is 12.1 Å². The predicted molar refractivity (Wildman–Crippen MR) is 124 cm³/mol. The summed E-state index contributed by atoms with van der Waals surface area (Å²) in [4.78, 5) is 41.3. The molecule has 11 heteroatoms. The molecule has 0 saturated carbocycles. The van der Waals surface area contributed by atoms with Crippen LogP contribution in [0.2, 0.25) is 0 Å². The van der Waals surface area contributed by atoms with Gasteiger partial charge in [-0.15, -0.1) is 0 Å². The molecular weight excluding hydrogens is 446 g/mol. The van der Waals surface area contributed by atoms with Crippen LogP contribution >= 0.6 is 0 Å². The molecule has 3 aromatic rings. The van der Waals surface area contributed by atoms with Gasteiger partial charge in [0, 0.05) is 27.2 Å². The van der Waals surface area contributed by atoms with Crippen molar-refractivity contribution in [2.24, 2.45) is 14.1 Å². The third-order valence-electron chi connectivity index (χ3n) is 5.82. The maximum Gasteiger partial charge on any atom is 0.332 e. The van der Waals surface area contributed by atoms with E-state index in [-0.39, 0.29) is 28.3 Å². The largest absolute Gasteiger partial charge is 0.332 e. The Hall–Kier alpha value is -3.31. The summed E-state index contributed by atoms with van der Waals surface area (Å²) in [5.41, 5.74) is 0.223. The number of aromatic nitrogens is 3. The Morgan fingerprint density at radius 1 is 1.03 bits per heavy atom. The number of nitrogens with zero attached hydrogens (tertiary/aromatic N) is 4. The molecule has 1 amide bonds. The van der Waals surface area contributed by atoms with Crippen LogP contribution in [0.25, 0.3) is 11.0 Å². The Bertz CT molecular complexity index is 1440. The quantitative estimate of drug-likeness (QED) is 0.592. The van der Waals surface area contributed by atoms with E-state index in [0.29, 0.717) is 24.3 Å². The summed E-state index contributed by atoms with van der Waals surface area (Å²) in [6, 6.07) is 7.78. The molecule has 174 valence electrons. The summed E-state index contributed by atoms with van der Waals surface area (Å²) in [6.45, 7) is 1.06. The first-order valence-corrected chi connectivity index (χ1v) is 12.1. The average Bonchev–Trinajstić information content (AvgIpc) is 2.82. The minimum Gasteiger partial charge on any atom is -0.324 e. The van der Waals surface area contributed by atoms with Crippen molar-refractivity contribution in [1.29, 1.82) is 0 Å². The van der Waals surface area contributed by atoms with Crippen molar-refractivity contribution in [3.05, 3.63) is 62.9 Å². The summed E-state index contributed by atoms with van der Waals surface area (Å²) < 4.78 is 29.3. The van der Waals surface area contributed by atoms with Gasteiger partial charge in [0.25, 0.3) is 5.56 Å². The van der Waals surface area contributed by atoms with Gasteiger partial charge < -0.3 is 5.32 Å². The highest BCUT2D eigenvalue weighted by Crippen LogP contribution is 2.21. The van der Waals surface area contributed by atoms with Crippen molar-refractivity contribution in [2.45, 2.75) is 30.6 Å². The molecule has 10 nitrogen and oxygen atoms in total. The molecule has 1 N–H and O–H groups in total. The van der Waals surface area contributed by atoms with E-state index >= 15 is 0 Å². The van der Waals surface area contributed by atoms with Crippen molar-refractivity contribution in [1.82, 2.24) is 18.4 Å². The molecule has 2 aromatic heterocycles. The third-order valence-corrected chi connectivity index (χ3v) is 7.73. The van der Waals surface area contributed by atoms with Crippen molar-refractivity contribution in [2.75, 3.05) is 18.4 Å². The number of piperidine rings is 1. The number of pyridine rings is 1. The van der Waals surface area contributed by atoms with Crippen LogP contribution in [0.4, 0.5) is 5.69 Å². The monoisotopic (exact) mass is 471 g/mol. The summed E-state index contributed by atoms with van der Waals surface area (Å²) in [7, 11) is -0.624. The van der Waals surface area contributed by atoms with E-state index in [4.69, 9.17) is 0 Å². The zero-order chi connectivity index (χ0) is 23.8. The zero-order valence-corrected chi connectivity index (χ0v) is 19.3. The van der Waals surface area contributed by atoms with Crippen molar-refractivity contribution in [3.63, 3.8) is 0 Å². The highest BCUT2D eigenvalue weighted by molar-refractivity contribution is 7.89. The molecule has 1 saturated heterocycles. The molecule has 1 aromatic carbocycles. The maximum absolute atomic E-state index is 12.8. The first kappa shape index (κ1) is 22.9. The van der Waals surface area contributed by atoms with Gasteiger partial charge in [-0.05, 0) is 36.6 Å². The van der Waals surface area contributed by atoms with Crippen molar-refractivity contribution in [3.8, 4) is 0 Å². The normalized spacial score (nSPS) is 15.0. The first-order valence-electron chi connectivity index (χ1n) is 10.6. The summed E-state index contributed by atoms with van der Waals surface area (Å²) >= 11 is 0. The predicted octanol–water partition coefficient (Wildman–Crippen LogP) is 0.988.